The van der Waals surface area contributed by atoms with Crippen LogP contribution in [0.3, 0.4) is 0 Å². The summed E-state index contributed by atoms with van der Waals surface area (Å²) in [5.41, 5.74) is 0.917. The molecule has 0 unspecified atom stereocenters. The van der Waals surface area contributed by atoms with Crippen molar-refractivity contribution in [2.75, 3.05) is 44.2 Å². The van der Waals surface area contributed by atoms with Crippen LogP contribution in [0.25, 0.3) is 0 Å². The number of anilines is 1. The molecule has 190 valence electrons. The monoisotopic (exact) mass is 513 g/mol. The molecule has 1 aromatic heterocycles. The summed E-state index contributed by atoms with van der Waals surface area (Å²) in [5, 5.41) is 8.95. The normalized spacial score (nSPS) is 20.9. The van der Waals surface area contributed by atoms with Crippen LogP contribution in [0.4, 0.5) is 15.0 Å². The third-order valence-electron chi connectivity index (χ3n) is 7.48. The average Bonchev–Trinajstić information content (AvgIpc) is 3.30. The number of benzene rings is 1. The van der Waals surface area contributed by atoms with Crippen LogP contribution in [0.2, 0.25) is 0 Å². The second-order valence-corrected chi connectivity index (χ2v) is 11.7. The van der Waals surface area contributed by atoms with E-state index in [0.29, 0.717) is 32.0 Å². The summed E-state index contributed by atoms with van der Waals surface area (Å²) in [6.07, 6.45) is 4.40. The number of cyclic esters (lactones) is 1. The van der Waals surface area contributed by atoms with Crippen LogP contribution >= 0.6 is 0 Å². The van der Waals surface area contributed by atoms with Crippen LogP contribution in [-0.4, -0.2) is 68.0 Å². The lowest BCUT2D eigenvalue weighted by Crippen LogP contribution is -2.50. The molecule has 9 nitrogen and oxygen atoms in total. The Morgan fingerprint density at radius 1 is 1.11 bits per heavy atom. The van der Waals surface area contributed by atoms with E-state index < -0.39 is 21.9 Å². The number of rotatable bonds is 5. The molecule has 0 N–H and O–H groups in total. The minimum atomic E-state index is -3.69. The standard InChI is InChI=1S/C25H28FN5O4S/c26-22-14-19(2-3-20(22)15-27)17-29-9-1-6-25(18-29)7-10-30(11-8-25)36(33,34)21-4-5-23(28-16-21)31-12-13-35-24(31)32/h2-5,14,16H,1,6-13,17-18H2. The van der Waals surface area contributed by atoms with Gasteiger partial charge in [0.15, 0.2) is 0 Å². The van der Waals surface area contributed by atoms with E-state index in [9.17, 15) is 17.6 Å². The highest BCUT2D eigenvalue weighted by Gasteiger charge is 2.41. The number of aromatic nitrogens is 1. The summed E-state index contributed by atoms with van der Waals surface area (Å²) < 4.78 is 47.0. The van der Waals surface area contributed by atoms with Gasteiger partial charge in [-0.05, 0) is 67.5 Å². The Hall–Kier alpha value is -3.07. The van der Waals surface area contributed by atoms with Crippen molar-refractivity contribution in [3.63, 3.8) is 0 Å². The topological polar surface area (TPSA) is 107 Å². The molecule has 1 spiro atoms. The fourth-order valence-corrected chi connectivity index (χ4v) is 6.88. The number of carbonyl (C=O) groups excluding carboxylic acids is 1. The van der Waals surface area contributed by atoms with Gasteiger partial charge in [-0.1, -0.05) is 6.07 Å². The van der Waals surface area contributed by atoms with E-state index in [4.69, 9.17) is 10.00 Å². The van der Waals surface area contributed by atoms with Gasteiger partial charge in [-0.3, -0.25) is 9.80 Å². The average molecular weight is 514 g/mol. The molecule has 0 radical (unpaired) electrons. The van der Waals surface area contributed by atoms with E-state index in [1.54, 1.807) is 6.07 Å². The molecule has 0 aliphatic carbocycles. The fourth-order valence-electron chi connectivity index (χ4n) is 5.50. The minimum absolute atomic E-state index is 0.0353. The van der Waals surface area contributed by atoms with Crippen molar-refractivity contribution in [3.8, 4) is 6.07 Å². The number of pyridine rings is 1. The Kier molecular flexibility index (Phi) is 6.68. The van der Waals surface area contributed by atoms with Gasteiger partial charge in [0.1, 0.15) is 29.2 Å². The summed E-state index contributed by atoms with van der Waals surface area (Å²) in [4.78, 5) is 19.7. The van der Waals surface area contributed by atoms with Crippen molar-refractivity contribution in [2.45, 2.75) is 37.1 Å². The van der Waals surface area contributed by atoms with Gasteiger partial charge in [-0.15, -0.1) is 0 Å². The maximum Gasteiger partial charge on any atom is 0.415 e. The number of carbonyl (C=O) groups is 1. The third-order valence-corrected chi connectivity index (χ3v) is 9.36. The second kappa shape index (κ2) is 9.76. The van der Waals surface area contributed by atoms with Crippen molar-refractivity contribution in [2.24, 2.45) is 5.41 Å². The van der Waals surface area contributed by atoms with E-state index in [1.165, 1.54) is 39.7 Å². The van der Waals surface area contributed by atoms with Gasteiger partial charge < -0.3 is 4.74 Å². The van der Waals surface area contributed by atoms with Crippen LogP contribution in [0.1, 0.15) is 36.8 Å². The predicted octanol–water partition coefficient (Wildman–Crippen LogP) is 3.12. The maximum absolute atomic E-state index is 14.0. The van der Waals surface area contributed by atoms with Crippen molar-refractivity contribution < 1.29 is 22.3 Å². The Balaban J connectivity index is 1.21. The highest BCUT2D eigenvalue weighted by molar-refractivity contribution is 7.89. The molecule has 36 heavy (non-hydrogen) atoms. The molecule has 2 aromatic rings. The second-order valence-electron chi connectivity index (χ2n) is 9.76. The number of hydrogen-bond acceptors (Lipinski definition) is 7. The molecule has 3 aliphatic heterocycles. The van der Waals surface area contributed by atoms with Crippen molar-refractivity contribution in [1.82, 2.24) is 14.2 Å². The molecular weight excluding hydrogens is 485 g/mol. The van der Waals surface area contributed by atoms with Gasteiger partial charge in [-0.25, -0.2) is 22.6 Å². The molecule has 11 heteroatoms. The first-order chi connectivity index (χ1) is 17.3. The third kappa shape index (κ3) is 4.81. The van der Waals surface area contributed by atoms with Gasteiger partial charge in [0.25, 0.3) is 0 Å². The largest absolute Gasteiger partial charge is 0.447 e. The Morgan fingerprint density at radius 2 is 1.92 bits per heavy atom. The zero-order chi connectivity index (χ0) is 25.3. The minimum Gasteiger partial charge on any atom is -0.447 e. The van der Waals surface area contributed by atoms with Gasteiger partial charge >= 0.3 is 6.09 Å². The van der Waals surface area contributed by atoms with Crippen LogP contribution in [0, 0.1) is 22.6 Å². The number of halogens is 1. The summed E-state index contributed by atoms with van der Waals surface area (Å²) in [7, 11) is -3.69. The summed E-state index contributed by atoms with van der Waals surface area (Å²) in [6.45, 7) is 3.90. The zero-order valence-electron chi connectivity index (χ0n) is 19.9. The lowest BCUT2D eigenvalue weighted by Gasteiger charge is -2.47. The summed E-state index contributed by atoms with van der Waals surface area (Å²) >= 11 is 0. The van der Waals surface area contributed by atoms with Crippen molar-refractivity contribution in [3.05, 3.63) is 53.5 Å². The first kappa shape index (κ1) is 24.6. The molecule has 0 saturated carbocycles. The number of ether oxygens (including phenoxy) is 1. The molecule has 0 bridgehead atoms. The lowest BCUT2D eigenvalue weighted by molar-refractivity contribution is 0.0392. The number of sulfonamides is 1. The van der Waals surface area contributed by atoms with E-state index >= 15 is 0 Å². The number of nitrogens with zero attached hydrogens (tertiary/aromatic N) is 5. The first-order valence-corrected chi connectivity index (χ1v) is 13.6. The SMILES string of the molecule is N#Cc1ccc(CN2CCCC3(CCN(S(=O)(=O)c4ccc(N5CCOC5=O)nc4)CC3)C2)cc1F. The summed E-state index contributed by atoms with van der Waals surface area (Å²) in [5.74, 6) is -0.124. The Morgan fingerprint density at radius 3 is 2.56 bits per heavy atom. The van der Waals surface area contributed by atoms with Crippen LogP contribution in [0.5, 0.6) is 0 Å². The Labute approximate surface area is 210 Å². The predicted molar refractivity (Wildman–Crippen MR) is 129 cm³/mol. The maximum atomic E-state index is 14.0. The van der Waals surface area contributed by atoms with Crippen molar-refractivity contribution in [1.29, 1.82) is 5.26 Å². The number of nitriles is 1. The molecule has 1 aromatic carbocycles. The molecule has 4 heterocycles. The molecule has 3 fully saturated rings. The zero-order valence-corrected chi connectivity index (χ0v) is 20.7. The van der Waals surface area contributed by atoms with Crippen molar-refractivity contribution >= 4 is 21.9 Å². The van der Waals surface area contributed by atoms with Gasteiger partial charge in [0, 0.05) is 32.4 Å². The van der Waals surface area contributed by atoms with Gasteiger partial charge in [0.2, 0.25) is 10.0 Å². The molecule has 5 rings (SSSR count). The smallest absolute Gasteiger partial charge is 0.415 e. The molecule has 1 amide bonds. The molecule has 0 atom stereocenters. The van der Waals surface area contributed by atoms with Crippen LogP contribution in [-0.2, 0) is 21.3 Å². The Bertz CT molecular complexity index is 1290. The lowest BCUT2D eigenvalue weighted by atomic mass is 9.73. The molecular formula is C25H28FN5O4S. The first-order valence-electron chi connectivity index (χ1n) is 12.1. The summed E-state index contributed by atoms with van der Waals surface area (Å²) in [6, 6.07) is 9.63. The van der Waals surface area contributed by atoms with E-state index in [1.807, 2.05) is 6.07 Å². The fraction of sp³-hybridized carbons (Fsp3) is 0.480. The van der Waals surface area contributed by atoms with Crippen LogP contribution in [0.15, 0.2) is 41.4 Å². The molecule has 3 saturated heterocycles. The highest BCUT2D eigenvalue weighted by atomic mass is 32.2. The molecule has 3 aliphatic rings. The number of likely N-dealkylation sites (tertiary alicyclic amines) is 1. The van der Waals surface area contributed by atoms with Crippen LogP contribution < -0.4 is 4.90 Å². The van der Waals surface area contributed by atoms with Gasteiger partial charge in [0.05, 0.1) is 12.1 Å². The van der Waals surface area contributed by atoms with E-state index in [0.717, 1.165) is 44.3 Å². The van der Waals surface area contributed by atoms with E-state index in [-0.39, 0.29) is 22.5 Å². The number of piperidine rings is 2. The van der Waals surface area contributed by atoms with Gasteiger partial charge in [-0.2, -0.15) is 9.57 Å². The number of amides is 1. The van der Waals surface area contributed by atoms with E-state index in [2.05, 4.69) is 9.88 Å². The quantitative estimate of drug-likeness (QED) is 0.605. The highest BCUT2D eigenvalue weighted by Crippen LogP contribution is 2.41. The number of hydrogen-bond donors (Lipinski definition) is 0.